The summed E-state index contributed by atoms with van der Waals surface area (Å²) in [5, 5.41) is 10.5. The molecule has 19 heavy (non-hydrogen) atoms. The van der Waals surface area contributed by atoms with E-state index < -0.39 is 5.60 Å². The Kier molecular flexibility index (Phi) is 4.06. The Morgan fingerprint density at radius 3 is 2.05 bits per heavy atom. The van der Waals surface area contributed by atoms with E-state index in [0.717, 1.165) is 18.8 Å². The first kappa shape index (κ1) is 14.6. The van der Waals surface area contributed by atoms with Crippen molar-refractivity contribution in [2.75, 3.05) is 0 Å². The summed E-state index contributed by atoms with van der Waals surface area (Å²) in [5.41, 5.74) is 2.26. The molecule has 2 rings (SSSR count). The second kappa shape index (κ2) is 5.28. The lowest BCUT2D eigenvalue weighted by molar-refractivity contribution is 0.0204. The van der Waals surface area contributed by atoms with E-state index in [-0.39, 0.29) is 5.41 Å². The zero-order chi connectivity index (χ0) is 14.1. The van der Waals surface area contributed by atoms with Crippen LogP contribution in [-0.4, -0.2) is 10.7 Å². The minimum absolute atomic E-state index is 0.201. The predicted molar refractivity (Wildman–Crippen MR) is 81.4 cm³/mol. The Labute approximate surface area is 118 Å². The number of hydrogen-bond acceptors (Lipinski definition) is 1. The second-order valence-corrected chi connectivity index (χ2v) is 7.62. The first-order valence-corrected chi connectivity index (χ1v) is 7.58. The Hall–Kier alpha value is -0.820. The summed E-state index contributed by atoms with van der Waals surface area (Å²) >= 11 is 0. The van der Waals surface area contributed by atoms with Crippen molar-refractivity contribution in [1.29, 1.82) is 0 Å². The largest absolute Gasteiger partial charge is 0.390 e. The fourth-order valence-corrected chi connectivity index (χ4v) is 2.95. The van der Waals surface area contributed by atoms with Crippen LogP contribution in [0.4, 0.5) is 0 Å². The van der Waals surface area contributed by atoms with Crippen LogP contribution in [0.25, 0.3) is 0 Å². The maximum Gasteiger partial charge on any atom is 0.0662 e. The van der Waals surface area contributed by atoms with E-state index >= 15 is 0 Å². The van der Waals surface area contributed by atoms with Crippen molar-refractivity contribution in [1.82, 2.24) is 0 Å². The van der Waals surface area contributed by atoms with Gasteiger partial charge in [-0.15, -0.1) is 0 Å². The van der Waals surface area contributed by atoms with Gasteiger partial charge in [-0.1, -0.05) is 64.3 Å². The van der Waals surface area contributed by atoms with Gasteiger partial charge in [0.15, 0.2) is 0 Å². The molecule has 1 unspecified atom stereocenters. The molecule has 1 nitrogen and oxygen atoms in total. The van der Waals surface area contributed by atoms with Crippen molar-refractivity contribution >= 4 is 0 Å². The Balaban J connectivity index is 1.98. The highest BCUT2D eigenvalue weighted by atomic mass is 16.3. The molecule has 1 aromatic rings. The highest BCUT2D eigenvalue weighted by Crippen LogP contribution is 2.35. The third-order valence-electron chi connectivity index (χ3n) is 4.36. The zero-order valence-electron chi connectivity index (χ0n) is 12.9. The van der Waals surface area contributed by atoms with E-state index in [1.807, 2.05) is 6.92 Å². The quantitative estimate of drug-likeness (QED) is 0.847. The maximum atomic E-state index is 10.5. The summed E-state index contributed by atoms with van der Waals surface area (Å²) in [5.74, 6) is 0.754. The summed E-state index contributed by atoms with van der Waals surface area (Å²) in [4.78, 5) is 0. The lowest BCUT2D eigenvalue weighted by atomic mass is 9.76. The van der Waals surface area contributed by atoms with Gasteiger partial charge in [0.2, 0.25) is 0 Å². The fourth-order valence-electron chi connectivity index (χ4n) is 2.95. The molecule has 0 aliphatic heterocycles. The smallest absolute Gasteiger partial charge is 0.0662 e. The third kappa shape index (κ3) is 4.07. The van der Waals surface area contributed by atoms with Crippen LogP contribution in [0.1, 0.15) is 64.5 Å². The van der Waals surface area contributed by atoms with E-state index in [1.165, 1.54) is 30.4 Å². The minimum Gasteiger partial charge on any atom is -0.390 e. The van der Waals surface area contributed by atoms with Crippen LogP contribution in [-0.2, 0) is 11.8 Å². The van der Waals surface area contributed by atoms with Gasteiger partial charge >= 0.3 is 0 Å². The average molecular weight is 260 g/mol. The van der Waals surface area contributed by atoms with Gasteiger partial charge in [-0.05, 0) is 35.8 Å². The van der Waals surface area contributed by atoms with Crippen molar-refractivity contribution < 1.29 is 5.11 Å². The second-order valence-electron chi connectivity index (χ2n) is 7.62. The molecule has 1 aliphatic rings. The van der Waals surface area contributed by atoms with Gasteiger partial charge in [-0.25, -0.2) is 0 Å². The van der Waals surface area contributed by atoms with E-state index in [0.29, 0.717) is 0 Å². The minimum atomic E-state index is -0.547. The van der Waals surface area contributed by atoms with E-state index in [4.69, 9.17) is 0 Å². The van der Waals surface area contributed by atoms with Gasteiger partial charge < -0.3 is 5.11 Å². The molecule has 1 heteroatoms. The Morgan fingerprint density at radius 1 is 1.05 bits per heavy atom. The molecule has 1 atom stereocenters. The normalized spacial score (nSPS) is 19.8. The van der Waals surface area contributed by atoms with Crippen molar-refractivity contribution in [3.63, 3.8) is 0 Å². The highest BCUT2D eigenvalue weighted by molar-refractivity contribution is 5.28. The standard InChI is InChI=1S/C18H28O/c1-17(2,3)16-10-8-15(9-11-16)13-18(4,19)12-14-6-5-7-14/h8-11,14,19H,5-7,12-13H2,1-4H3. The number of benzene rings is 1. The monoisotopic (exact) mass is 260 g/mol. The molecule has 1 saturated carbocycles. The zero-order valence-corrected chi connectivity index (χ0v) is 12.9. The molecule has 1 aromatic carbocycles. The summed E-state index contributed by atoms with van der Waals surface area (Å²) in [6.07, 6.45) is 5.68. The first-order valence-electron chi connectivity index (χ1n) is 7.58. The molecule has 1 aliphatic carbocycles. The van der Waals surface area contributed by atoms with Gasteiger partial charge in [0, 0.05) is 6.42 Å². The molecule has 0 saturated heterocycles. The van der Waals surface area contributed by atoms with Crippen LogP contribution < -0.4 is 0 Å². The molecule has 1 N–H and O–H groups in total. The van der Waals surface area contributed by atoms with Crippen molar-refractivity contribution in [2.24, 2.45) is 5.92 Å². The molecule has 0 aromatic heterocycles. The third-order valence-corrected chi connectivity index (χ3v) is 4.36. The average Bonchev–Trinajstić information content (AvgIpc) is 2.23. The van der Waals surface area contributed by atoms with E-state index in [1.54, 1.807) is 0 Å². The van der Waals surface area contributed by atoms with Gasteiger partial charge in [0.25, 0.3) is 0 Å². The molecule has 0 bridgehead atoms. The molecule has 0 spiro atoms. The number of aliphatic hydroxyl groups is 1. The van der Waals surface area contributed by atoms with E-state index in [2.05, 4.69) is 45.0 Å². The van der Waals surface area contributed by atoms with Crippen LogP contribution in [0.5, 0.6) is 0 Å². The van der Waals surface area contributed by atoms with Crippen molar-refractivity contribution in [2.45, 2.75) is 70.8 Å². The van der Waals surface area contributed by atoms with Crippen LogP contribution >= 0.6 is 0 Å². The van der Waals surface area contributed by atoms with Gasteiger partial charge in [-0.2, -0.15) is 0 Å². The molecule has 1 fully saturated rings. The van der Waals surface area contributed by atoms with Crippen LogP contribution in [0.2, 0.25) is 0 Å². The molecular weight excluding hydrogens is 232 g/mol. The van der Waals surface area contributed by atoms with Crippen molar-refractivity contribution in [3.8, 4) is 0 Å². The Morgan fingerprint density at radius 2 is 1.63 bits per heavy atom. The molecule has 106 valence electrons. The first-order chi connectivity index (χ1) is 8.76. The molecule has 0 amide bonds. The van der Waals surface area contributed by atoms with Gasteiger partial charge in [0.05, 0.1) is 5.60 Å². The van der Waals surface area contributed by atoms with Crippen molar-refractivity contribution in [3.05, 3.63) is 35.4 Å². The summed E-state index contributed by atoms with van der Waals surface area (Å²) in [6.45, 7) is 8.68. The number of hydrogen-bond donors (Lipinski definition) is 1. The molecule has 0 heterocycles. The molecule has 0 radical (unpaired) electrons. The van der Waals surface area contributed by atoms with E-state index in [9.17, 15) is 5.11 Å². The van der Waals surface area contributed by atoms with Crippen LogP contribution in [0.15, 0.2) is 24.3 Å². The van der Waals surface area contributed by atoms with Crippen LogP contribution in [0, 0.1) is 5.92 Å². The number of rotatable bonds is 4. The highest BCUT2D eigenvalue weighted by Gasteiger charge is 2.29. The summed E-state index contributed by atoms with van der Waals surface area (Å²) < 4.78 is 0. The topological polar surface area (TPSA) is 20.2 Å². The van der Waals surface area contributed by atoms with Crippen LogP contribution in [0.3, 0.4) is 0 Å². The Bertz CT molecular complexity index is 404. The molecular formula is C18H28O. The summed E-state index contributed by atoms with van der Waals surface area (Å²) in [6, 6.07) is 8.76. The maximum absolute atomic E-state index is 10.5. The SMILES string of the molecule is CC(O)(Cc1ccc(C(C)(C)C)cc1)CC1CCC1. The predicted octanol–water partition coefficient (Wildman–Crippen LogP) is 4.47. The lowest BCUT2D eigenvalue weighted by Crippen LogP contribution is -2.32. The fraction of sp³-hybridized carbons (Fsp3) is 0.667. The lowest BCUT2D eigenvalue weighted by Gasteiger charge is -2.33. The van der Waals surface area contributed by atoms with Gasteiger partial charge in [-0.3, -0.25) is 0 Å². The van der Waals surface area contributed by atoms with Gasteiger partial charge in [0.1, 0.15) is 0 Å². The summed E-state index contributed by atoms with van der Waals surface area (Å²) in [7, 11) is 0.